The lowest BCUT2D eigenvalue weighted by molar-refractivity contribution is 0.331. The first-order valence-electron chi connectivity index (χ1n) is 9.12. The molecular weight excluding hydrogens is 401 g/mol. The molecule has 0 amide bonds. The molecule has 0 spiro atoms. The van der Waals surface area contributed by atoms with Crippen LogP contribution in [0, 0.1) is 12.7 Å². The molecule has 1 N–H and O–H groups in total. The molecule has 10 heteroatoms. The molecule has 0 unspecified atom stereocenters. The topological polar surface area (TPSA) is 78.4 Å². The molecule has 0 bridgehead atoms. The van der Waals surface area contributed by atoms with Crippen molar-refractivity contribution in [1.82, 2.24) is 19.2 Å². The van der Waals surface area contributed by atoms with Crippen molar-refractivity contribution in [3.63, 3.8) is 0 Å². The van der Waals surface area contributed by atoms with E-state index in [2.05, 4.69) is 15.3 Å². The van der Waals surface area contributed by atoms with E-state index in [9.17, 15) is 12.8 Å². The number of nitrogens with zero attached hydrogens (tertiary/aromatic N) is 4. The number of rotatable bonds is 6. The van der Waals surface area contributed by atoms with Crippen LogP contribution in [0.1, 0.15) is 23.5 Å². The fourth-order valence-electron chi connectivity index (χ4n) is 3.27. The summed E-state index contributed by atoms with van der Waals surface area (Å²) >= 11 is 1.49. The summed E-state index contributed by atoms with van der Waals surface area (Å²) < 4.78 is 39.2. The number of aromatic nitrogens is 2. The molecule has 1 saturated heterocycles. The Kier molecular flexibility index (Phi) is 6.33. The first kappa shape index (κ1) is 21.1. The molecule has 3 heterocycles. The second-order valence-corrected chi connectivity index (χ2v) is 10.5. The zero-order valence-electron chi connectivity index (χ0n) is 16.6. The lowest BCUT2D eigenvalue weighted by atomic mass is 10.1. The van der Waals surface area contributed by atoms with Gasteiger partial charge in [0.2, 0.25) is 10.0 Å². The molecule has 2 aromatic rings. The van der Waals surface area contributed by atoms with E-state index in [4.69, 9.17) is 0 Å². The summed E-state index contributed by atoms with van der Waals surface area (Å²) in [7, 11) is 0.795. The highest BCUT2D eigenvalue weighted by Gasteiger charge is 2.25. The zero-order chi connectivity index (χ0) is 20.5. The number of halogens is 1. The molecule has 1 aliphatic heterocycles. The van der Waals surface area contributed by atoms with Gasteiger partial charge in [0, 0.05) is 31.2 Å². The Morgan fingerprint density at radius 2 is 2.04 bits per heavy atom. The average Bonchev–Trinajstić information content (AvgIpc) is 2.95. The van der Waals surface area contributed by atoms with Crippen molar-refractivity contribution in [3.8, 4) is 10.4 Å². The Morgan fingerprint density at radius 3 is 2.64 bits per heavy atom. The van der Waals surface area contributed by atoms with Gasteiger partial charge in [0.25, 0.3) is 0 Å². The fourth-order valence-corrected chi connectivity index (χ4v) is 5.35. The summed E-state index contributed by atoms with van der Waals surface area (Å²) in [5, 5.41) is 4.27. The van der Waals surface area contributed by atoms with Crippen molar-refractivity contribution in [2.75, 3.05) is 38.8 Å². The van der Waals surface area contributed by atoms with Crippen LogP contribution in [0.5, 0.6) is 0 Å². The van der Waals surface area contributed by atoms with Crippen LogP contribution >= 0.6 is 11.3 Å². The van der Waals surface area contributed by atoms with Crippen molar-refractivity contribution < 1.29 is 12.8 Å². The summed E-state index contributed by atoms with van der Waals surface area (Å²) in [5.74, 6) is 0.219. The van der Waals surface area contributed by atoms with Crippen molar-refractivity contribution in [2.24, 2.45) is 0 Å². The van der Waals surface area contributed by atoms with Crippen LogP contribution in [0.2, 0.25) is 0 Å². The minimum atomic E-state index is -3.15. The number of piperidine rings is 1. The number of anilines is 1. The predicted molar refractivity (Wildman–Crippen MR) is 110 cm³/mol. The van der Waals surface area contributed by atoms with E-state index in [0.29, 0.717) is 43.9 Å². The number of thiazole rings is 1. The smallest absolute Gasteiger partial charge is 0.211 e. The Bertz CT molecular complexity index is 937. The molecule has 0 saturated carbocycles. The fraction of sp³-hybridized carbons (Fsp3) is 0.556. The Labute approximate surface area is 169 Å². The van der Waals surface area contributed by atoms with Gasteiger partial charge in [0.05, 0.1) is 23.0 Å². The maximum Gasteiger partial charge on any atom is 0.211 e. The van der Waals surface area contributed by atoms with Gasteiger partial charge in [-0.15, -0.1) is 11.3 Å². The lowest BCUT2D eigenvalue weighted by Gasteiger charge is -2.31. The molecule has 0 aromatic carbocycles. The summed E-state index contributed by atoms with van der Waals surface area (Å²) in [6.45, 7) is 3.56. The number of pyridine rings is 1. The number of hydrogen-bond donors (Lipinski definition) is 1. The quantitative estimate of drug-likeness (QED) is 0.763. The third kappa shape index (κ3) is 5.05. The van der Waals surface area contributed by atoms with Crippen LogP contribution in [0.25, 0.3) is 10.4 Å². The van der Waals surface area contributed by atoms with Crippen molar-refractivity contribution >= 4 is 27.2 Å². The monoisotopic (exact) mass is 427 g/mol. The lowest BCUT2D eigenvalue weighted by Crippen LogP contribution is -2.41. The van der Waals surface area contributed by atoms with Crippen LogP contribution in [0.3, 0.4) is 0 Å². The molecule has 7 nitrogen and oxygen atoms in total. The van der Waals surface area contributed by atoms with Gasteiger partial charge in [-0.1, -0.05) is 0 Å². The maximum atomic E-state index is 14.5. The summed E-state index contributed by atoms with van der Waals surface area (Å²) in [4.78, 5) is 11.6. The largest absolute Gasteiger partial charge is 0.367 e. The second kappa shape index (κ2) is 8.40. The number of sulfonamides is 1. The molecule has 0 radical (unpaired) electrons. The van der Waals surface area contributed by atoms with Gasteiger partial charge in [0.15, 0.2) is 0 Å². The van der Waals surface area contributed by atoms with Crippen LogP contribution in [-0.4, -0.2) is 67.1 Å². The van der Waals surface area contributed by atoms with Crippen molar-refractivity contribution in [2.45, 2.75) is 32.4 Å². The van der Waals surface area contributed by atoms with Gasteiger partial charge < -0.3 is 10.2 Å². The molecule has 0 aliphatic carbocycles. The first-order valence-corrected chi connectivity index (χ1v) is 11.8. The molecule has 1 aliphatic rings. The Balaban J connectivity index is 1.75. The minimum Gasteiger partial charge on any atom is -0.367 e. The van der Waals surface area contributed by atoms with E-state index in [1.54, 1.807) is 6.07 Å². The minimum absolute atomic E-state index is 0.107. The van der Waals surface area contributed by atoms with Crippen LogP contribution < -0.4 is 5.32 Å². The highest BCUT2D eigenvalue weighted by Crippen LogP contribution is 2.33. The molecule has 28 heavy (non-hydrogen) atoms. The number of hydrogen-bond acceptors (Lipinski definition) is 7. The highest BCUT2D eigenvalue weighted by molar-refractivity contribution is 7.88. The predicted octanol–water partition coefficient (Wildman–Crippen LogP) is 2.55. The number of aryl methyl sites for hydroxylation is 1. The first-order chi connectivity index (χ1) is 13.1. The van der Waals surface area contributed by atoms with Gasteiger partial charge in [-0.2, -0.15) is 0 Å². The third-order valence-electron chi connectivity index (χ3n) is 4.67. The van der Waals surface area contributed by atoms with Gasteiger partial charge in [-0.25, -0.2) is 27.1 Å². The van der Waals surface area contributed by atoms with E-state index in [-0.39, 0.29) is 11.9 Å². The van der Waals surface area contributed by atoms with E-state index in [1.165, 1.54) is 28.1 Å². The summed E-state index contributed by atoms with van der Waals surface area (Å²) in [6, 6.07) is 1.83. The van der Waals surface area contributed by atoms with Crippen LogP contribution in [-0.2, 0) is 16.6 Å². The summed E-state index contributed by atoms with van der Waals surface area (Å²) in [5.41, 5.74) is 1.30. The molecule has 1 fully saturated rings. The van der Waals surface area contributed by atoms with Gasteiger partial charge >= 0.3 is 0 Å². The van der Waals surface area contributed by atoms with E-state index >= 15 is 0 Å². The van der Waals surface area contributed by atoms with Crippen molar-refractivity contribution in [1.29, 1.82) is 0 Å². The van der Waals surface area contributed by atoms with Crippen LogP contribution in [0.4, 0.5) is 10.2 Å². The SMILES string of the molecule is Cc1nc(CN(C)C)sc1-c1cc(NC2CCN(S(C)(=O)=O)CC2)ncc1F. The Hall–Kier alpha value is -1.62. The summed E-state index contributed by atoms with van der Waals surface area (Å²) in [6.07, 6.45) is 3.84. The van der Waals surface area contributed by atoms with Crippen molar-refractivity contribution in [3.05, 3.63) is 28.8 Å². The molecule has 2 aromatic heterocycles. The zero-order valence-corrected chi connectivity index (χ0v) is 18.2. The van der Waals surface area contributed by atoms with E-state index in [0.717, 1.165) is 15.6 Å². The molecule has 154 valence electrons. The number of nitrogens with one attached hydrogen (secondary N) is 1. The second-order valence-electron chi connectivity index (χ2n) is 7.39. The average molecular weight is 428 g/mol. The van der Waals surface area contributed by atoms with E-state index < -0.39 is 10.0 Å². The van der Waals surface area contributed by atoms with Crippen LogP contribution in [0.15, 0.2) is 12.3 Å². The molecule has 0 atom stereocenters. The Morgan fingerprint density at radius 1 is 1.36 bits per heavy atom. The van der Waals surface area contributed by atoms with Gasteiger partial charge in [0.1, 0.15) is 16.6 Å². The molecular formula is C18H26FN5O2S2. The highest BCUT2D eigenvalue weighted by atomic mass is 32.2. The third-order valence-corrected chi connectivity index (χ3v) is 7.15. The maximum absolute atomic E-state index is 14.5. The van der Waals surface area contributed by atoms with E-state index in [1.807, 2.05) is 25.9 Å². The standard InChI is InChI=1S/C18H26FN5O2S2/c1-12-18(27-17(21-12)11-23(2)3)14-9-16(20-10-15(14)19)22-13-5-7-24(8-6-13)28(4,25)26/h9-10,13H,5-8,11H2,1-4H3,(H,20,22). The normalized spacial score (nSPS) is 16.6. The van der Waals surface area contributed by atoms with Gasteiger partial charge in [-0.05, 0) is 39.9 Å². The van der Waals surface area contributed by atoms with Gasteiger partial charge in [-0.3, -0.25) is 0 Å². The molecule has 3 rings (SSSR count).